The van der Waals surface area contributed by atoms with Crippen LogP contribution in [0.4, 0.5) is 0 Å². The van der Waals surface area contributed by atoms with Gasteiger partial charge in [0.15, 0.2) is 0 Å². The topological polar surface area (TPSA) is 52.6 Å². The van der Waals surface area contributed by atoms with Gasteiger partial charge in [-0.25, -0.2) is 0 Å². The molecule has 0 N–H and O–H groups in total. The first-order valence-electron chi connectivity index (χ1n) is 9.47. The zero-order valence-electron chi connectivity index (χ0n) is 16.6. The second kappa shape index (κ2) is 5.09. The lowest BCUT2D eigenvalue weighted by Gasteiger charge is -2.42. The summed E-state index contributed by atoms with van der Waals surface area (Å²) in [5.41, 5.74) is -0.206. The molecule has 8 atom stereocenters. The fourth-order valence-electron chi connectivity index (χ4n) is 5.34. The van der Waals surface area contributed by atoms with Crippen molar-refractivity contribution >= 4 is 11.9 Å². The number of carbonyl (C=O) groups is 2. The molecule has 0 aromatic heterocycles. The van der Waals surface area contributed by atoms with Crippen LogP contribution in [0.2, 0.25) is 0 Å². The third-order valence-corrected chi connectivity index (χ3v) is 6.23. The van der Waals surface area contributed by atoms with E-state index in [4.69, 9.17) is 12.2 Å². The van der Waals surface area contributed by atoms with Crippen molar-refractivity contribution in [1.29, 1.82) is 0 Å². The average molecular weight is 322 g/mol. The molecule has 4 heteroatoms. The Morgan fingerprint density at radius 2 is 1.74 bits per heavy atom. The molecule has 4 nitrogen and oxygen atoms in total. The molecule has 0 aromatic rings. The Labute approximate surface area is 141 Å². The van der Waals surface area contributed by atoms with E-state index in [2.05, 4.69) is 6.58 Å². The molecule has 3 rings (SSSR count). The van der Waals surface area contributed by atoms with Gasteiger partial charge in [0.05, 0.1) is 0 Å². The molecule has 0 spiro atoms. The highest BCUT2D eigenvalue weighted by molar-refractivity contribution is 5.67. The van der Waals surface area contributed by atoms with E-state index in [-0.39, 0.29) is 23.7 Å². The van der Waals surface area contributed by atoms with Gasteiger partial charge >= 0.3 is 11.9 Å². The molecule has 0 heterocycles. The normalized spacial score (nSPS) is 51.5. The zero-order chi connectivity index (χ0) is 18.9. The predicted molar refractivity (Wildman–Crippen MR) is 86.5 cm³/mol. The second-order valence-electron chi connectivity index (χ2n) is 8.11. The highest BCUT2D eigenvalue weighted by Gasteiger charge is 2.67. The van der Waals surface area contributed by atoms with Crippen molar-refractivity contribution in [2.75, 3.05) is 0 Å². The molecule has 0 amide bonds. The minimum atomic E-state index is -0.609. The summed E-state index contributed by atoms with van der Waals surface area (Å²) in [6.07, 6.45) is -1.55. The molecule has 3 aliphatic carbocycles. The molecule has 5 unspecified atom stereocenters. The maximum absolute atomic E-state index is 11.7. The third-order valence-electron chi connectivity index (χ3n) is 6.23. The monoisotopic (exact) mass is 322 g/mol. The number of allylic oxidation sites excluding steroid dienone is 1. The van der Waals surface area contributed by atoms with E-state index in [9.17, 15) is 9.59 Å². The van der Waals surface area contributed by atoms with Gasteiger partial charge in [-0.05, 0) is 30.5 Å². The van der Waals surface area contributed by atoms with Gasteiger partial charge in [-0.2, -0.15) is 0 Å². The quantitative estimate of drug-likeness (QED) is 0.577. The van der Waals surface area contributed by atoms with Crippen LogP contribution in [0.15, 0.2) is 12.2 Å². The summed E-state index contributed by atoms with van der Waals surface area (Å²) in [4.78, 5) is 23.4. The van der Waals surface area contributed by atoms with Gasteiger partial charge in [0.25, 0.3) is 0 Å². The first-order chi connectivity index (χ1) is 11.4. The Bertz CT molecular complexity index is 631. The molecule has 0 aliphatic heterocycles. The Morgan fingerprint density at radius 1 is 1.17 bits per heavy atom. The van der Waals surface area contributed by atoms with Crippen molar-refractivity contribution in [2.45, 2.75) is 66.0 Å². The summed E-state index contributed by atoms with van der Waals surface area (Å²) in [6.45, 7) is 13.0. The number of carbonyl (C=O) groups excluding carboxylic acids is 2. The van der Waals surface area contributed by atoms with Crippen molar-refractivity contribution in [2.24, 2.45) is 28.6 Å². The van der Waals surface area contributed by atoms with Crippen molar-refractivity contribution in [1.82, 2.24) is 0 Å². The van der Waals surface area contributed by atoms with Crippen LogP contribution in [0, 0.1) is 28.6 Å². The molecule has 0 radical (unpaired) electrons. The molecule has 4 bridgehead atoms. The van der Waals surface area contributed by atoms with E-state index >= 15 is 0 Å². The highest BCUT2D eigenvalue weighted by Crippen LogP contribution is 2.70. The highest BCUT2D eigenvalue weighted by atomic mass is 16.6. The number of rotatable bonds is 2. The van der Waals surface area contributed by atoms with Crippen LogP contribution in [-0.4, -0.2) is 24.1 Å². The van der Waals surface area contributed by atoms with Crippen LogP contribution in [0.25, 0.3) is 0 Å². The summed E-state index contributed by atoms with van der Waals surface area (Å²) < 4.78 is 28.7. The number of ether oxygens (including phenoxy) is 2. The standard InChI is InChI=1S/C19H28O4/c1-10-7-13-9-19(6)15(23-12(3)21)8-14(22-11(2)20)18(4,5)17(13)16(10)19/h13-17H,1,7-9H2,2-6H3/t13?,14-,15-,16?,17?,19?/m1/s1/i7D,9D/t7-,9?,13?,14-,15-,16?,17?,19?. The number of hydrogen-bond acceptors (Lipinski definition) is 4. The summed E-state index contributed by atoms with van der Waals surface area (Å²) in [5.74, 6) is -1.01. The van der Waals surface area contributed by atoms with Gasteiger partial charge in [0, 0.05) is 33.8 Å². The maximum Gasteiger partial charge on any atom is 0.302 e. The summed E-state index contributed by atoms with van der Waals surface area (Å²) in [6, 6.07) is 0. The molecule has 0 saturated heterocycles. The van der Waals surface area contributed by atoms with Crippen LogP contribution in [0.5, 0.6) is 0 Å². The van der Waals surface area contributed by atoms with E-state index in [0.717, 1.165) is 5.57 Å². The predicted octanol–water partition coefficient (Wildman–Crippen LogP) is 3.50. The second-order valence-corrected chi connectivity index (χ2v) is 8.11. The number of hydrogen-bond donors (Lipinski definition) is 0. The maximum atomic E-state index is 11.7. The molecule has 23 heavy (non-hydrogen) atoms. The Hall–Kier alpha value is -1.32. The molecule has 3 fully saturated rings. The van der Waals surface area contributed by atoms with Crippen LogP contribution in [0.1, 0.15) is 56.6 Å². The lowest BCUT2D eigenvalue weighted by Crippen LogP contribution is -2.44. The van der Waals surface area contributed by atoms with Crippen molar-refractivity contribution in [3.8, 4) is 0 Å². The smallest absolute Gasteiger partial charge is 0.302 e. The Kier molecular flexibility index (Phi) is 3.11. The van der Waals surface area contributed by atoms with E-state index < -0.39 is 41.8 Å². The van der Waals surface area contributed by atoms with Crippen LogP contribution in [0.3, 0.4) is 0 Å². The van der Waals surface area contributed by atoms with Crippen LogP contribution < -0.4 is 0 Å². The van der Waals surface area contributed by atoms with Gasteiger partial charge in [0.1, 0.15) is 12.2 Å². The Balaban J connectivity index is 2.14. The minimum absolute atomic E-state index is 0.0138. The lowest BCUT2D eigenvalue weighted by atomic mass is 9.68. The van der Waals surface area contributed by atoms with Gasteiger partial charge in [-0.1, -0.05) is 32.9 Å². The molecule has 3 saturated carbocycles. The fourth-order valence-corrected chi connectivity index (χ4v) is 5.34. The first kappa shape index (κ1) is 14.1. The zero-order valence-corrected chi connectivity index (χ0v) is 14.6. The molecular formula is C19H28O4. The molecule has 3 aliphatic rings. The van der Waals surface area contributed by atoms with Crippen molar-refractivity contribution in [3.05, 3.63) is 12.2 Å². The fraction of sp³-hybridized carbons (Fsp3) is 0.789. The first-order valence-corrected chi connectivity index (χ1v) is 8.31. The van der Waals surface area contributed by atoms with Gasteiger partial charge in [0.2, 0.25) is 0 Å². The van der Waals surface area contributed by atoms with E-state index in [1.54, 1.807) is 0 Å². The minimum Gasteiger partial charge on any atom is -0.462 e. The third kappa shape index (κ3) is 2.33. The summed E-state index contributed by atoms with van der Waals surface area (Å²) >= 11 is 0. The van der Waals surface area contributed by atoms with Crippen molar-refractivity contribution < 1.29 is 21.8 Å². The van der Waals surface area contributed by atoms with Crippen LogP contribution >= 0.6 is 0 Å². The Morgan fingerprint density at radius 3 is 2.30 bits per heavy atom. The average Bonchev–Trinajstić information content (AvgIpc) is 2.86. The van der Waals surface area contributed by atoms with E-state index in [1.807, 2.05) is 20.8 Å². The van der Waals surface area contributed by atoms with E-state index in [0.29, 0.717) is 6.42 Å². The summed E-state index contributed by atoms with van der Waals surface area (Å²) in [7, 11) is 0. The van der Waals surface area contributed by atoms with Crippen molar-refractivity contribution in [3.63, 3.8) is 0 Å². The molecular weight excluding hydrogens is 292 g/mol. The number of esters is 2. The molecule has 128 valence electrons. The molecule has 0 aromatic carbocycles. The van der Waals surface area contributed by atoms with Crippen LogP contribution in [-0.2, 0) is 19.1 Å². The van der Waals surface area contributed by atoms with E-state index in [1.165, 1.54) is 13.8 Å². The van der Waals surface area contributed by atoms with Gasteiger partial charge in [-0.15, -0.1) is 0 Å². The van der Waals surface area contributed by atoms with Gasteiger partial charge < -0.3 is 9.47 Å². The lowest BCUT2D eigenvalue weighted by molar-refractivity contribution is -0.165. The summed E-state index contributed by atoms with van der Waals surface area (Å²) in [5, 5.41) is 0. The largest absolute Gasteiger partial charge is 0.462 e. The SMILES string of the molecule is [2H]C1C2C3C(C(=C)[C@H]2[2H])C1(C)[C@H](OC(C)=O)C[C@@H](OC(C)=O)C3(C)C. The van der Waals surface area contributed by atoms with Gasteiger partial charge in [-0.3, -0.25) is 9.59 Å².